The number of nitrogens with zero attached hydrogens (tertiary/aromatic N) is 3. The number of rotatable bonds is 4. The third kappa shape index (κ3) is 2.04. The topological polar surface area (TPSA) is 39.9 Å². The van der Waals surface area contributed by atoms with Crippen molar-refractivity contribution in [1.82, 2.24) is 14.8 Å². The van der Waals surface area contributed by atoms with Crippen LogP contribution in [-0.4, -0.2) is 21.4 Å². The monoisotopic (exact) mass is 261 g/mol. The van der Waals surface area contributed by atoms with Crippen LogP contribution < -0.4 is 0 Å². The second-order valence-corrected chi connectivity index (χ2v) is 4.91. The summed E-state index contributed by atoms with van der Waals surface area (Å²) in [5.41, 5.74) is 0.596. The molecule has 0 saturated carbocycles. The number of hydrogen-bond donors (Lipinski definition) is 0. The molecule has 1 fully saturated rings. The summed E-state index contributed by atoms with van der Waals surface area (Å²) in [7, 11) is 0. The van der Waals surface area contributed by atoms with Gasteiger partial charge in [-0.3, -0.25) is 0 Å². The molecular weight excluding hydrogens is 245 g/mol. The number of hydrogen-bond acceptors (Lipinski definition) is 3. The van der Waals surface area contributed by atoms with Crippen LogP contribution in [0.25, 0.3) is 0 Å². The number of ether oxygens (including phenoxy) is 1. The van der Waals surface area contributed by atoms with E-state index in [4.69, 9.17) is 4.74 Å². The van der Waals surface area contributed by atoms with Gasteiger partial charge < -0.3 is 4.74 Å². The zero-order chi connectivity index (χ0) is 13.3. The maximum Gasteiger partial charge on any atom is 0.137 e. The molecule has 0 amide bonds. The van der Waals surface area contributed by atoms with Crippen LogP contribution in [0.3, 0.4) is 0 Å². The molecule has 0 aliphatic carbocycles. The highest BCUT2D eigenvalue weighted by atomic mass is 19.1. The fourth-order valence-corrected chi connectivity index (χ4v) is 2.72. The smallest absolute Gasteiger partial charge is 0.137 e. The number of aromatic nitrogens is 3. The summed E-state index contributed by atoms with van der Waals surface area (Å²) >= 11 is 0. The van der Waals surface area contributed by atoms with Gasteiger partial charge in [0.05, 0.1) is 13.2 Å². The first kappa shape index (κ1) is 12.3. The molecule has 1 saturated heterocycles. The normalized spacial score (nSPS) is 26.1. The Morgan fingerprint density at radius 3 is 2.74 bits per heavy atom. The van der Waals surface area contributed by atoms with Crippen LogP contribution in [0, 0.1) is 11.7 Å². The minimum atomic E-state index is -0.407. The highest BCUT2D eigenvalue weighted by Gasteiger charge is 2.49. The molecule has 1 aromatic heterocycles. The van der Waals surface area contributed by atoms with E-state index in [0.29, 0.717) is 12.5 Å². The second-order valence-electron chi connectivity index (χ2n) is 4.91. The van der Waals surface area contributed by atoms with Crippen LogP contribution in [0.15, 0.2) is 36.9 Å². The van der Waals surface area contributed by atoms with Crippen molar-refractivity contribution in [2.75, 3.05) is 6.61 Å². The van der Waals surface area contributed by atoms with Gasteiger partial charge in [-0.05, 0) is 24.1 Å². The van der Waals surface area contributed by atoms with Crippen LogP contribution >= 0.6 is 0 Å². The average Bonchev–Trinajstić information content (AvgIpc) is 2.89. The van der Waals surface area contributed by atoms with Crippen LogP contribution in [0.2, 0.25) is 0 Å². The van der Waals surface area contributed by atoms with Crippen LogP contribution in [-0.2, 0) is 16.9 Å². The molecule has 0 N–H and O–H groups in total. The van der Waals surface area contributed by atoms with Crippen molar-refractivity contribution in [3.8, 4) is 0 Å². The van der Waals surface area contributed by atoms with Gasteiger partial charge >= 0.3 is 0 Å². The van der Waals surface area contributed by atoms with Crippen molar-refractivity contribution in [1.29, 1.82) is 0 Å². The van der Waals surface area contributed by atoms with E-state index >= 15 is 0 Å². The molecule has 100 valence electrons. The molecule has 0 spiro atoms. The zero-order valence-electron chi connectivity index (χ0n) is 10.8. The molecule has 1 aliphatic heterocycles. The molecule has 4 nitrogen and oxygen atoms in total. The van der Waals surface area contributed by atoms with Crippen molar-refractivity contribution < 1.29 is 9.13 Å². The average molecular weight is 261 g/mol. The van der Waals surface area contributed by atoms with Gasteiger partial charge in [0.25, 0.3) is 0 Å². The third-order valence-electron chi connectivity index (χ3n) is 3.89. The Hall–Kier alpha value is -1.75. The van der Waals surface area contributed by atoms with Gasteiger partial charge in [-0.2, -0.15) is 5.10 Å². The van der Waals surface area contributed by atoms with Gasteiger partial charge in [-0.25, -0.2) is 14.1 Å². The lowest BCUT2D eigenvalue weighted by Crippen LogP contribution is -2.53. The Morgan fingerprint density at radius 1 is 1.42 bits per heavy atom. The molecule has 1 aromatic carbocycles. The van der Waals surface area contributed by atoms with E-state index in [9.17, 15) is 4.39 Å². The summed E-state index contributed by atoms with van der Waals surface area (Å²) < 4.78 is 20.8. The van der Waals surface area contributed by atoms with E-state index in [2.05, 4.69) is 17.0 Å². The first-order valence-corrected chi connectivity index (χ1v) is 6.47. The van der Waals surface area contributed by atoms with E-state index in [1.165, 1.54) is 18.5 Å². The molecule has 3 rings (SSSR count). The predicted octanol–water partition coefficient (Wildman–Crippen LogP) is 2.37. The van der Waals surface area contributed by atoms with Crippen molar-refractivity contribution in [3.05, 3.63) is 48.3 Å². The fraction of sp³-hybridized carbons (Fsp3) is 0.429. The van der Waals surface area contributed by atoms with E-state index in [1.54, 1.807) is 23.1 Å². The SMILES string of the molecule is CCC1COC1(Cn1cncn1)c1ccc(F)cc1. The second kappa shape index (κ2) is 4.74. The predicted molar refractivity (Wildman–Crippen MR) is 67.8 cm³/mol. The molecule has 2 unspecified atom stereocenters. The highest BCUT2D eigenvalue weighted by molar-refractivity contribution is 5.26. The molecule has 19 heavy (non-hydrogen) atoms. The van der Waals surface area contributed by atoms with Gasteiger partial charge in [0.1, 0.15) is 24.1 Å². The zero-order valence-corrected chi connectivity index (χ0v) is 10.8. The number of benzene rings is 1. The number of halogens is 1. The van der Waals surface area contributed by atoms with Gasteiger partial charge in [0, 0.05) is 5.92 Å². The molecule has 2 aromatic rings. The summed E-state index contributed by atoms with van der Waals surface area (Å²) in [5, 5.41) is 4.15. The molecule has 5 heteroatoms. The summed E-state index contributed by atoms with van der Waals surface area (Å²) in [5.74, 6) is 0.189. The van der Waals surface area contributed by atoms with Gasteiger partial charge in [0.2, 0.25) is 0 Å². The maximum atomic E-state index is 13.1. The van der Waals surface area contributed by atoms with Gasteiger partial charge in [0.15, 0.2) is 0 Å². The standard InChI is InChI=1S/C14H16FN3O/c1-2-11-7-19-14(11,8-18-10-16-9-17-18)12-3-5-13(15)6-4-12/h3-6,9-11H,2,7-8H2,1H3. The summed E-state index contributed by atoms with van der Waals surface area (Å²) in [6.07, 6.45) is 4.21. The first-order chi connectivity index (χ1) is 9.24. The Bertz CT molecular complexity index is 538. The van der Waals surface area contributed by atoms with Crippen LogP contribution in [0.4, 0.5) is 4.39 Å². The lowest BCUT2D eigenvalue weighted by Gasteiger charge is -2.49. The van der Waals surface area contributed by atoms with Crippen molar-refractivity contribution in [2.24, 2.45) is 5.92 Å². The Labute approximate surface area is 111 Å². The Kier molecular flexibility index (Phi) is 3.06. The molecule has 0 bridgehead atoms. The maximum absolute atomic E-state index is 13.1. The van der Waals surface area contributed by atoms with Crippen molar-refractivity contribution >= 4 is 0 Å². The molecule has 2 atom stereocenters. The largest absolute Gasteiger partial charge is 0.368 e. The Morgan fingerprint density at radius 2 is 2.21 bits per heavy atom. The lowest BCUT2D eigenvalue weighted by molar-refractivity contribution is -0.222. The minimum Gasteiger partial charge on any atom is -0.368 e. The van der Waals surface area contributed by atoms with Gasteiger partial charge in [-0.1, -0.05) is 19.1 Å². The summed E-state index contributed by atoms with van der Waals surface area (Å²) in [4.78, 5) is 3.96. The van der Waals surface area contributed by atoms with E-state index < -0.39 is 5.60 Å². The molecule has 0 radical (unpaired) electrons. The van der Waals surface area contributed by atoms with Crippen molar-refractivity contribution in [2.45, 2.75) is 25.5 Å². The lowest BCUT2D eigenvalue weighted by atomic mass is 9.75. The van der Waals surface area contributed by atoms with Crippen molar-refractivity contribution in [3.63, 3.8) is 0 Å². The van der Waals surface area contributed by atoms with Crippen LogP contribution in [0.1, 0.15) is 18.9 Å². The molecular formula is C14H16FN3O. The van der Waals surface area contributed by atoms with E-state index in [0.717, 1.165) is 18.6 Å². The summed E-state index contributed by atoms with van der Waals surface area (Å²) in [6.45, 7) is 3.49. The third-order valence-corrected chi connectivity index (χ3v) is 3.89. The van der Waals surface area contributed by atoms with Crippen LogP contribution in [0.5, 0.6) is 0 Å². The quantitative estimate of drug-likeness (QED) is 0.848. The minimum absolute atomic E-state index is 0.230. The highest BCUT2D eigenvalue weighted by Crippen LogP contribution is 2.45. The fourth-order valence-electron chi connectivity index (χ4n) is 2.72. The van der Waals surface area contributed by atoms with E-state index in [-0.39, 0.29) is 5.82 Å². The molecule has 1 aliphatic rings. The molecule has 2 heterocycles. The van der Waals surface area contributed by atoms with Gasteiger partial charge in [-0.15, -0.1) is 0 Å². The Balaban J connectivity index is 1.95. The first-order valence-electron chi connectivity index (χ1n) is 6.47. The summed E-state index contributed by atoms with van der Waals surface area (Å²) in [6, 6.07) is 6.56. The van der Waals surface area contributed by atoms with E-state index in [1.807, 2.05) is 0 Å².